The molecule has 3 aromatic rings. The summed E-state index contributed by atoms with van der Waals surface area (Å²) in [5.74, 6) is -1.63. The molecule has 0 bridgehead atoms. The van der Waals surface area contributed by atoms with Crippen LogP contribution in [0.5, 0.6) is 5.75 Å². The van der Waals surface area contributed by atoms with Crippen LogP contribution in [-0.2, 0) is 0 Å². The molecule has 11 heteroatoms. The molecule has 3 rings (SSSR count). The van der Waals surface area contributed by atoms with Crippen molar-refractivity contribution in [3.05, 3.63) is 75.5 Å². The number of nitrogens with zero attached hydrogens (tertiary/aromatic N) is 1. The zero-order valence-electron chi connectivity index (χ0n) is 13.6. The zero-order chi connectivity index (χ0) is 19.2. The smallest absolute Gasteiger partial charge is 0.312 e. The molecule has 10 nitrogen and oxygen atoms in total. The molecule has 0 aliphatic rings. The Morgan fingerprint density at radius 1 is 1.04 bits per heavy atom. The van der Waals surface area contributed by atoms with Crippen LogP contribution in [0, 0.1) is 24.0 Å². The Labute approximate surface area is 153 Å². The lowest BCUT2D eigenvalue weighted by atomic mass is 9.84. The third-order valence-electron chi connectivity index (χ3n) is 4.19. The number of hydrogen-bond acceptors (Lipinski definition) is 5. The highest BCUT2D eigenvalue weighted by atomic mass is 79.9. The Morgan fingerprint density at radius 3 is 1.92 bits per heavy atom. The van der Waals surface area contributed by atoms with Gasteiger partial charge in [0.2, 0.25) is 0 Å². The van der Waals surface area contributed by atoms with E-state index in [1.54, 1.807) is 13.8 Å². The summed E-state index contributed by atoms with van der Waals surface area (Å²) in [6, 6.07) is 2.60. The standard InChI is InChI=1S/C15H14BrN5O5/c1-5-10(14(23)19-17-5)12(11-6(2)18-20-15(11)24)8-3-7(16)4-9(13(8)22)21(25)26/h3-4,12,22H,1-2H3,(H2,17,19,23)(H2,18,20,24). The molecule has 2 heterocycles. The summed E-state index contributed by atoms with van der Waals surface area (Å²) in [7, 11) is 0. The van der Waals surface area contributed by atoms with Crippen molar-refractivity contribution in [3.63, 3.8) is 0 Å². The molecule has 0 saturated carbocycles. The molecule has 0 unspecified atom stereocenters. The van der Waals surface area contributed by atoms with E-state index >= 15 is 0 Å². The highest BCUT2D eigenvalue weighted by molar-refractivity contribution is 9.10. The molecule has 0 aliphatic carbocycles. The zero-order valence-corrected chi connectivity index (χ0v) is 15.2. The van der Waals surface area contributed by atoms with Gasteiger partial charge in [-0.1, -0.05) is 15.9 Å². The maximum Gasteiger partial charge on any atom is 0.312 e. The largest absolute Gasteiger partial charge is 0.502 e. The van der Waals surface area contributed by atoms with Gasteiger partial charge >= 0.3 is 5.69 Å². The number of nitro groups is 1. The first-order valence-corrected chi connectivity index (χ1v) is 8.22. The van der Waals surface area contributed by atoms with Crippen LogP contribution in [0.1, 0.15) is 34.0 Å². The van der Waals surface area contributed by atoms with Gasteiger partial charge in [0.1, 0.15) is 0 Å². The maximum atomic E-state index is 12.4. The number of halogens is 1. The number of aromatic amines is 4. The van der Waals surface area contributed by atoms with E-state index in [-0.39, 0.29) is 16.7 Å². The number of aromatic nitrogens is 4. The second-order valence-electron chi connectivity index (χ2n) is 5.79. The highest BCUT2D eigenvalue weighted by Gasteiger charge is 2.33. The first-order valence-electron chi connectivity index (χ1n) is 7.43. The summed E-state index contributed by atoms with van der Waals surface area (Å²) in [4.78, 5) is 35.2. The molecule has 1 aromatic carbocycles. The fraction of sp³-hybridized carbons (Fsp3) is 0.200. The molecule has 0 aliphatic heterocycles. The van der Waals surface area contributed by atoms with Crippen molar-refractivity contribution in [1.29, 1.82) is 0 Å². The van der Waals surface area contributed by atoms with Gasteiger partial charge in [0.05, 0.1) is 22.0 Å². The molecule has 5 N–H and O–H groups in total. The number of rotatable bonds is 4. The van der Waals surface area contributed by atoms with Crippen molar-refractivity contribution in [1.82, 2.24) is 20.4 Å². The quantitative estimate of drug-likeness (QED) is 0.319. The summed E-state index contributed by atoms with van der Waals surface area (Å²) in [5.41, 5.74) is -0.198. The van der Waals surface area contributed by atoms with Crippen molar-refractivity contribution in [3.8, 4) is 5.75 Å². The number of H-pyrrole nitrogens is 4. The number of aryl methyl sites for hydroxylation is 2. The number of benzene rings is 1. The van der Waals surface area contributed by atoms with E-state index in [1.807, 2.05) is 0 Å². The van der Waals surface area contributed by atoms with Crippen molar-refractivity contribution < 1.29 is 10.0 Å². The molecule has 0 radical (unpaired) electrons. The molecule has 0 spiro atoms. The first-order chi connectivity index (χ1) is 12.2. The maximum absolute atomic E-state index is 12.4. The van der Waals surface area contributed by atoms with Crippen molar-refractivity contribution in [2.45, 2.75) is 19.8 Å². The lowest BCUT2D eigenvalue weighted by Gasteiger charge is -2.17. The van der Waals surface area contributed by atoms with Crippen LogP contribution >= 0.6 is 15.9 Å². The van der Waals surface area contributed by atoms with Crippen LogP contribution in [0.15, 0.2) is 26.2 Å². The first kappa shape index (κ1) is 17.7. The van der Waals surface area contributed by atoms with Gasteiger partial charge in [-0.2, -0.15) is 0 Å². The van der Waals surface area contributed by atoms with Gasteiger partial charge < -0.3 is 15.3 Å². The Balaban J connectivity index is 2.43. The fourth-order valence-electron chi connectivity index (χ4n) is 3.03. The number of aromatic hydroxyl groups is 1. The molecule has 2 aromatic heterocycles. The predicted octanol–water partition coefficient (Wildman–Crippen LogP) is 1.89. The molecule has 26 heavy (non-hydrogen) atoms. The molecule has 136 valence electrons. The van der Waals surface area contributed by atoms with E-state index in [4.69, 9.17) is 0 Å². The number of nitro benzene ring substituents is 1. The van der Waals surface area contributed by atoms with Crippen LogP contribution in [-0.4, -0.2) is 30.4 Å². The molecular formula is C15H14BrN5O5. The summed E-state index contributed by atoms with van der Waals surface area (Å²) < 4.78 is 0.330. The number of nitrogens with one attached hydrogen (secondary N) is 4. The third kappa shape index (κ3) is 2.75. The Hall–Kier alpha value is -3.08. The number of phenols is 1. The normalized spacial score (nSPS) is 11.2. The minimum atomic E-state index is -1.02. The van der Waals surface area contributed by atoms with E-state index in [2.05, 4.69) is 36.3 Å². The van der Waals surface area contributed by atoms with E-state index < -0.39 is 33.4 Å². The topological polar surface area (TPSA) is 161 Å². The van der Waals surface area contributed by atoms with Crippen molar-refractivity contribution in [2.24, 2.45) is 0 Å². The summed E-state index contributed by atoms with van der Waals surface area (Å²) in [6.07, 6.45) is 0. The van der Waals surface area contributed by atoms with Crippen molar-refractivity contribution in [2.75, 3.05) is 0 Å². The average molecular weight is 424 g/mol. The van der Waals surface area contributed by atoms with E-state index in [0.717, 1.165) is 6.07 Å². The lowest BCUT2D eigenvalue weighted by Crippen LogP contribution is -2.20. The second kappa shape index (κ2) is 6.33. The molecule has 0 fully saturated rings. The van der Waals surface area contributed by atoms with Gasteiger partial charge in [0.25, 0.3) is 11.1 Å². The predicted molar refractivity (Wildman–Crippen MR) is 95.7 cm³/mol. The Morgan fingerprint density at radius 2 is 1.54 bits per heavy atom. The summed E-state index contributed by atoms with van der Waals surface area (Å²) in [6.45, 7) is 3.25. The number of hydrogen-bond donors (Lipinski definition) is 5. The van der Waals surface area contributed by atoms with E-state index in [0.29, 0.717) is 15.9 Å². The summed E-state index contributed by atoms with van der Waals surface area (Å²) >= 11 is 3.18. The van der Waals surface area contributed by atoms with Gasteiger partial charge in [0.15, 0.2) is 5.75 Å². The van der Waals surface area contributed by atoms with Gasteiger partial charge in [-0.05, 0) is 19.9 Å². The van der Waals surface area contributed by atoms with E-state index in [1.165, 1.54) is 6.07 Å². The Bertz CT molecular complexity index is 1070. The van der Waals surface area contributed by atoms with Crippen LogP contribution < -0.4 is 11.1 Å². The number of phenolic OH excluding ortho intramolecular Hbond substituents is 1. The lowest BCUT2D eigenvalue weighted by molar-refractivity contribution is -0.386. The Kier molecular flexibility index (Phi) is 4.32. The fourth-order valence-corrected chi connectivity index (χ4v) is 3.49. The highest BCUT2D eigenvalue weighted by Crippen LogP contribution is 2.42. The van der Waals surface area contributed by atoms with Gasteiger partial charge in [-0.3, -0.25) is 29.9 Å². The minimum absolute atomic E-state index is 0.0625. The molecule has 0 atom stereocenters. The molecule has 0 amide bonds. The van der Waals surface area contributed by atoms with Crippen LogP contribution in [0.4, 0.5) is 5.69 Å². The van der Waals surface area contributed by atoms with Gasteiger partial charge in [-0.25, -0.2) is 0 Å². The minimum Gasteiger partial charge on any atom is -0.502 e. The van der Waals surface area contributed by atoms with Crippen LogP contribution in [0.2, 0.25) is 0 Å². The molecule has 0 saturated heterocycles. The van der Waals surface area contributed by atoms with Crippen LogP contribution in [0.3, 0.4) is 0 Å². The SMILES string of the molecule is Cc1[nH][nH]c(=O)c1C(c1cc(Br)cc([N+](=O)[O-])c1O)c1c(C)[nH][nH]c1=O. The van der Waals surface area contributed by atoms with Crippen LogP contribution in [0.25, 0.3) is 0 Å². The second-order valence-corrected chi connectivity index (χ2v) is 6.70. The monoisotopic (exact) mass is 423 g/mol. The third-order valence-corrected chi connectivity index (χ3v) is 4.65. The van der Waals surface area contributed by atoms with Gasteiger partial charge in [0, 0.05) is 27.5 Å². The molecular weight excluding hydrogens is 410 g/mol. The van der Waals surface area contributed by atoms with Crippen molar-refractivity contribution >= 4 is 21.6 Å². The van der Waals surface area contributed by atoms with Gasteiger partial charge in [-0.15, -0.1) is 0 Å². The summed E-state index contributed by atoms with van der Waals surface area (Å²) in [5, 5.41) is 32.0. The van der Waals surface area contributed by atoms with E-state index in [9.17, 15) is 24.8 Å². The average Bonchev–Trinajstić information content (AvgIpc) is 3.07.